The monoisotopic (exact) mass is 639 g/mol. The predicted molar refractivity (Wildman–Crippen MR) is 151 cm³/mol. The summed E-state index contributed by atoms with van der Waals surface area (Å²) in [7, 11) is -4.82. The van der Waals surface area contributed by atoms with Crippen molar-refractivity contribution in [3.63, 3.8) is 0 Å². The fourth-order valence-corrected chi connectivity index (χ4v) is 5.78. The maximum atomic E-state index is 13.0. The van der Waals surface area contributed by atoms with E-state index < -0.39 is 10.1 Å². The number of rotatable bonds is 5. The summed E-state index contributed by atoms with van der Waals surface area (Å²) in [5.74, 6) is -0.136. The van der Waals surface area contributed by atoms with Crippen LogP contribution in [0, 0.1) is 12.8 Å². The summed E-state index contributed by atoms with van der Waals surface area (Å²) in [5, 5.41) is 10.8. The Morgan fingerprint density at radius 3 is 2.11 bits per heavy atom. The van der Waals surface area contributed by atoms with E-state index >= 15 is 0 Å². The summed E-state index contributed by atoms with van der Waals surface area (Å²) in [6, 6.07) is 7.91. The lowest BCUT2D eigenvalue weighted by Gasteiger charge is -2.26. The van der Waals surface area contributed by atoms with Gasteiger partial charge in [-0.1, -0.05) is 45.9 Å². The Labute approximate surface area is 229 Å². The first kappa shape index (κ1) is 30.2. The molecule has 2 aromatic carbocycles. The molecule has 0 fully saturated rings. The van der Waals surface area contributed by atoms with Gasteiger partial charge < -0.3 is 15.8 Å². The standard InChI is InChI=1S/C27H28Br2O5S.H3N/c1-13(2)18-11-20(15(5)24(28)26(18)30)23(17-9-7-8-10-22(17)35(32,33)34)21-12-19(14(3)4)27(31)25(29)16(21)6;/h7-14,30H,1-6H3,(H,32,33,34);1H3/b23-21+;. The van der Waals surface area contributed by atoms with Gasteiger partial charge in [-0.05, 0) is 109 Å². The number of Topliss-reactive ketones (excluding diaryl/α,β-unsaturated/α-hetero) is 1. The van der Waals surface area contributed by atoms with Crippen molar-refractivity contribution in [1.82, 2.24) is 6.15 Å². The largest absolute Gasteiger partial charge is 0.744 e. The number of benzene rings is 2. The van der Waals surface area contributed by atoms with Gasteiger partial charge in [0, 0.05) is 11.1 Å². The van der Waals surface area contributed by atoms with Crippen LogP contribution in [0.3, 0.4) is 0 Å². The van der Waals surface area contributed by atoms with Crippen molar-refractivity contribution >= 4 is 53.3 Å². The molecule has 36 heavy (non-hydrogen) atoms. The Morgan fingerprint density at radius 2 is 1.58 bits per heavy atom. The van der Waals surface area contributed by atoms with Gasteiger partial charge in [0.1, 0.15) is 15.9 Å². The van der Waals surface area contributed by atoms with Gasteiger partial charge in [-0.3, -0.25) is 4.79 Å². The first-order valence-electron chi connectivity index (χ1n) is 11.1. The molecule has 0 aromatic heterocycles. The van der Waals surface area contributed by atoms with E-state index in [1.54, 1.807) is 25.1 Å². The zero-order valence-electron chi connectivity index (χ0n) is 21.4. The van der Waals surface area contributed by atoms with Crippen LogP contribution in [0.4, 0.5) is 0 Å². The summed E-state index contributed by atoms with van der Waals surface area (Å²) in [5.41, 5.74) is 4.55. The molecule has 0 aliphatic heterocycles. The lowest BCUT2D eigenvalue weighted by molar-refractivity contribution is -0.112. The average molecular weight is 641 g/mol. The number of aromatic hydroxyl groups is 1. The second-order valence-electron chi connectivity index (χ2n) is 9.22. The van der Waals surface area contributed by atoms with Gasteiger partial charge in [0.05, 0.1) is 13.9 Å². The Hall–Kier alpha value is -2.04. The minimum Gasteiger partial charge on any atom is -0.744 e. The van der Waals surface area contributed by atoms with Gasteiger partial charge in [0.2, 0.25) is 0 Å². The maximum absolute atomic E-state index is 13.0. The summed E-state index contributed by atoms with van der Waals surface area (Å²) in [6.45, 7) is 11.3. The van der Waals surface area contributed by atoms with E-state index in [2.05, 4.69) is 31.9 Å². The van der Waals surface area contributed by atoms with Crippen molar-refractivity contribution in [3.05, 3.63) is 84.3 Å². The number of quaternary nitrogens is 1. The van der Waals surface area contributed by atoms with Crippen molar-refractivity contribution < 1.29 is 22.9 Å². The maximum Gasteiger partial charge on any atom is 0.196 e. The molecule has 9 heteroatoms. The van der Waals surface area contributed by atoms with Gasteiger partial charge in [-0.25, -0.2) is 8.42 Å². The van der Waals surface area contributed by atoms with Gasteiger partial charge in [0.15, 0.2) is 5.78 Å². The minimum absolute atomic E-state index is 0. The van der Waals surface area contributed by atoms with Crippen molar-refractivity contribution in [2.24, 2.45) is 5.92 Å². The van der Waals surface area contributed by atoms with Crippen LogP contribution in [0.1, 0.15) is 62.8 Å². The lowest BCUT2D eigenvalue weighted by Crippen LogP contribution is -2.16. The number of hydrogen-bond acceptors (Lipinski definition) is 5. The molecule has 0 heterocycles. The van der Waals surface area contributed by atoms with E-state index in [4.69, 9.17) is 0 Å². The Morgan fingerprint density at radius 1 is 1.00 bits per heavy atom. The van der Waals surface area contributed by atoms with E-state index in [-0.39, 0.29) is 40.0 Å². The van der Waals surface area contributed by atoms with Gasteiger partial charge in [-0.2, -0.15) is 0 Å². The molecule has 0 bridgehead atoms. The van der Waals surface area contributed by atoms with Crippen LogP contribution in [-0.2, 0) is 14.9 Å². The average Bonchev–Trinajstić information content (AvgIpc) is 2.78. The Balaban J connectivity index is 0.00000456. The van der Waals surface area contributed by atoms with Gasteiger partial charge in [0.25, 0.3) is 0 Å². The topological polar surface area (TPSA) is 131 Å². The quantitative estimate of drug-likeness (QED) is 0.327. The van der Waals surface area contributed by atoms with Crippen LogP contribution in [0.25, 0.3) is 5.57 Å². The fourth-order valence-electron chi connectivity index (χ4n) is 4.21. The van der Waals surface area contributed by atoms with Crippen LogP contribution >= 0.6 is 31.9 Å². The normalized spacial score (nSPS) is 15.9. The predicted octanol–water partition coefficient (Wildman–Crippen LogP) is 7.50. The molecule has 194 valence electrons. The van der Waals surface area contributed by atoms with Crippen LogP contribution in [0.5, 0.6) is 5.75 Å². The SMILES string of the molecule is CC1=C(Br)C(=O)C(C(C)C)=C/C1=C(/c1ccccc1S(=O)(=O)[O-])c1cc(C(C)C)c(O)c(Br)c1C.[NH4+]. The van der Waals surface area contributed by atoms with Crippen LogP contribution in [0.15, 0.2) is 67.0 Å². The molecule has 3 rings (SSSR count). The van der Waals surface area contributed by atoms with Crippen molar-refractivity contribution in [3.8, 4) is 5.75 Å². The molecule has 0 saturated carbocycles. The van der Waals surface area contributed by atoms with E-state index in [9.17, 15) is 22.9 Å². The summed E-state index contributed by atoms with van der Waals surface area (Å²) < 4.78 is 37.8. The van der Waals surface area contributed by atoms with Crippen molar-refractivity contribution in [2.75, 3.05) is 0 Å². The molecule has 0 saturated heterocycles. The van der Waals surface area contributed by atoms with Crippen LogP contribution in [-0.4, -0.2) is 23.9 Å². The van der Waals surface area contributed by atoms with E-state index in [0.29, 0.717) is 47.9 Å². The van der Waals surface area contributed by atoms with Crippen LogP contribution < -0.4 is 6.15 Å². The third kappa shape index (κ3) is 5.45. The van der Waals surface area contributed by atoms with E-state index in [1.165, 1.54) is 12.1 Å². The molecular formula is C27H31Br2NO5S. The molecule has 0 unspecified atom stereocenters. The van der Waals surface area contributed by atoms with Gasteiger partial charge in [-0.15, -0.1) is 0 Å². The highest BCUT2D eigenvalue weighted by atomic mass is 79.9. The molecule has 1 aliphatic carbocycles. The molecule has 0 spiro atoms. The van der Waals surface area contributed by atoms with E-state index in [0.717, 1.165) is 0 Å². The second kappa shape index (κ2) is 11.1. The Kier molecular flexibility index (Phi) is 9.35. The number of phenolic OH excluding ortho intramolecular Hbond substituents is 1. The number of halogens is 2. The first-order valence-corrected chi connectivity index (χ1v) is 14.1. The number of ketones is 1. The molecule has 0 radical (unpaired) electrons. The smallest absolute Gasteiger partial charge is 0.196 e. The number of hydrogen-bond donors (Lipinski definition) is 2. The Bertz CT molecular complexity index is 1430. The number of carbonyl (C=O) groups is 1. The second-order valence-corrected chi connectivity index (χ2v) is 12.2. The fraction of sp³-hybridized carbons (Fsp3) is 0.296. The highest BCUT2D eigenvalue weighted by molar-refractivity contribution is 9.12. The minimum atomic E-state index is -4.82. The third-order valence-corrected chi connectivity index (χ3v) is 9.04. The van der Waals surface area contributed by atoms with Crippen molar-refractivity contribution in [2.45, 2.75) is 52.4 Å². The van der Waals surface area contributed by atoms with Crippen molar-refractivity contribution in [1.29, 1.82) is 0 Å². The highest BCUT2D eigenvalue weighted by Crippen LogP contribution is 2.45. The van der Waals surface area contributed by atoms with Crippen LogP contribution in [0.2, 0.25) is 0 Å². The molecule has 1 aliphatic rings. The zero-order chi connectivity index (χ0) is 26.4. The molecule has 6 nitrogen and oxygen atoms in total. The summed E-state index contributed by atoms with van der Waals surface area (Å²) in [6.07, 6.45) is 1.78. The molecular weight excluding hydrogens is 610 g/mol. The molecule has 0 amide bonds. The molecule has 2 aromatic rings. The lowest BCUT2D eigenvalue weighted by atomic mass is 9.81. The number of carbonyl (C=O) groups excluding carboxylic acids is 1. The molecule has 5 N–H and O–H groups in total. The summed E-state index contributed by atoms with van der Waals surface area (Å²) >= 11 is 6.95. The summed E-state index contributed by atoms with van der Waals surface area (Å²) in [4.78, 5) is 12.6. The zero-order valence-corrected chi connectivity index (χ0v) is 25.4. The number of phenols is 1. The highest BCUT2D eigenvalue weighted by Gasteiger charge is 2.29. The third-order valence-electron chi connectivity index (χ3n) is 6.22. The van der Waals surface area contributed by atoms with Gasteiger partial charge >= 0.3 is 0 Å². The van der Waals surface area contributed by atoms with E-state index in [1.807, 2.05) is 40.7 Å². The first-order chi connectivity index (χ1) is 16.2. The number of allylic oxidation sites excluding steroid dienone is 5. The molecule has 0 atom stereocenters.